The number of nitrogens with zero attached hydrogens (tertiary/aromatic N) is 4. The maximum atomic E-state index is 13.0. The lowest BCUT2D eigenvalue weighted by Crippen LogP contribution is -2.51. The summed E-state index contributed by atoms with van der Waals surface area (Å²) in [6.07, 6.45) is 0.479. The van der Waals surface area contributed by atoms with Crippen LogP contribution in [0, 0.1) is 6.92 Å². The molecule has 3 aliphatic rings. The molecule has 4 heterocycles. The molecule has 1 atom stereocenters. The summed E-state index contributed by atoms with van der Waals surface area (Å²) in [5.41, 5.74) is 0.472. The van der Waals surface area contributed by atoms with Crippen LogP contribution in [0.15, 0.2) is 24.5 Å². The normalized spacial score (nSPS) is 28.7. The molecule has 3 fully saturated rings. The predicted molar refractivity (Wildman–Crippen MR) is 98.3 cm³/mol. The number of aromatic nitrogens is 4. The Hall–Kier alpha value is -2.68. The third-order valence-electron chi connectivity index (χ3n) is 6.16. The Morgan fingerprint density at radius 2 is 2.00 bits per heavy atom. The molecule has 1 aliphatic carbocycles. The number of benzene rings is 1. The molecule has 1 N–H and O–H groups in total. The number of ether oxygens (including phenoxy) is 1. The van der Waals surface area contributed by atoms with Crippen molar-refractivity contribution in [1.82, 2.24) is 19.7 Å². The summed E-state index contributed by atoms with van der Waals surface area (Å²) in [6.45, 7) is 5.61. The highest BCUT2D eigenvalue weighted by Gasteiger charge is 2.65. The Morgan fingerprint density at radius 3 is 2.59 bits per heavy atom. The topological polar surface area (TPSA) is 73.1 Å². The van der Waals surface area contributed by atoms with E-state index in [9.17, 15) is 18.3 Å². The lowest BCUT2D eigenvalue weighted by Gasteiger charge is -2.43. The lowest BCUT2D eigenvalue weighted by atomic mass is 9.67. The number of aromatic hydroxyl groups is 1. The average molecular weight is 404 g/mol. The third kappa shape index (κ3) is 2.56. The van der Waals surface area contributed by atoms with Crippen molar-refractivity contribution < 1.29 is 23.0 Å². The molecule has 1 aromatic carbocycles. The molecule has 152 valence electrons. The SMILES string of the molecule is Cc1cc(C(F)(F)F)cc(O)c1-c1cnc2cn(C34CC(C)(C3)OC4C)nc2n1. The molecule has 6 nitrogen and oxygen atoms in total. The second kappa shape index (κ2) is 5.47. The first-order valence-electron chi connectivity index (χ1n) is 9.33. The van der Waals surface area contributed by atoms with Crippen molar-refractivity contribution in [2.45, 2.75) is 57.0 Å². The van der Waals surface area contributed by atoms with Crippen LogP contribution in [0.25, 0.3) is 22.4 Å². The number of aryl methyl sites for hydroxylation is 1. The maximum Gasteiger partial charge on any atom is 0.416 e. The van der Waals surface area contributed by atoms with Gasteiger partial charge in [-0.25, -0.2) is 9.97 Å². The van der Waals surface area contributed by atoms with Gasteiger partial charge in [0.25, 0.3) is 0 Å². The molecule has 2 aliphatic heterocycles. The summed E-state index contributed by atoms with van der Waals surface area (Å²) in [5, 5.41) is 14.8. The zero-order chi connectivity index (χ0) is 20.8. The number of phenolic OH excluding ortho intramolecular Hbond substituents is 1. The van der Waals surface area contributed by atoms with E-state index < -0.39 is 17.5 Å². The zero-order valence-electron chi connectivity index (χ0n) is 16.1. The van der Waals surface area contributed by atoms with E-state index in [2.05, 4.69) is 22.0 Å². The largest absolute Gasteiger partial charge is 0.507 e. The molecule has 0 spiro atoms. The van der Waals surface area contributed by atoms with Gasteiger partial charge in [-0.1, -0.05) is 0 Å². The number of fused-ring (bicyclic) bond motifs is 2. The summed E-state index contributed by atoms with van der Waals surface area (Å²) in [6, 6.07) is 1.70. The second-order valence-electron chi connectivity index (χ2n) is 8.39. The van der Waals surface area contributed by atoms with Crippen LogP contribution in [0.2, 0.25) is 0 Å². The third-order valence-corrected chi connectivity index (χ3v) is 6.16. The van der Waals surface area contributed by atoms with Crippen molar-refractivity contribution in [1.29, 1.82) is 0 Å². The molecule has 1 saturated carbocycles. The summed E-state index contributed by atoms with van der Waals surface area (Å²) in [5.74, 6) is -0.489. The van der Waals surface area contributed by atoms with Gasteiger partial charge >= 0.3 is 6.18 Å². The minimum absolute atomic E-state index is 0.0162. The van der Waals surface area contributed by atoms with Gasteiger partial charge in [-0.05, 0) is 38.5 Å². The quantitative estimate of drug-likeness (QED) is 0.693. The first-order chi connectivity index (χ1) is 13.5. The van der Waals surface area contributed by atoms with Crippen LogP contribution in [-0.2, 0) is 16.5 Å². The standard InChI is InChI=1S/C20H19F3N4O2/c1-10-4-12(20(21,22)23)5-15(28)16(10)13-6-24-14-7-27(26-17(14)25-13)19-8-18(3,9-19)29-11(19)2/h4-7,11,28H,8-9H2,1-3H3. The fraction of sp³-hybridized carbons (Fsp3) is 0.450. The number of alkyl halides is 3. The molecule has 3 aromatic rings. The number of rotatable bonds is 2. The van der Waals surface area contributed by atoms with E-state index in [1.807, 2.05) is 17.8 Å². The Balaban J connectivity index is 1.57. The van der Waals surface area contributed by atoms with Gasteiger partial charge in [-0.2, -0.15) is 13.2 Å². The minimum Gasteiger partial charge on any atom is -0.507 e. The molecule has 2 aromatic heterocycles. The zero-order valence-corrected chi connectivity index (χ0v) is 16.1. The second-order valence-corrected chi connectivity index (χ2v) is 8.39. The van der Waals surface area contributed by atoms with E-state index in [1.54, 1.807) is 0 Å². The predicted octanol–water partition coefficient (Wildman–Crippen LogP) is 4.19. The number of hydrogen-bond acceptors (Lipinski definition) is 5. The van der Waals surface area contributed by atoms with Gasteiger partial charge in [0.05, 0.1) is 40.9 Å². The lowest BCUT2D eigenvalue weighted by molar-refractivity contribution is -0.137. The van der Waals surface area contributed by atoms with E-state index in [1.165, 1.54) is 13.1 Å². The van der Waals surface area contributed by atoms with Crippen LogP contribution in [-0.4, -0.2) is 36.6 Å². The Kier molecular flexibility index (Phi) is 3.46. The molecular weight excluding hydrogens is 385 g/mol. The maximum absolute atomic E-state index is 13.0. The monoisotopic (exact) mass is 404 g/mol. The Bertz CT molecular complexity index is 1130. The molecule has 1 unspecified atom stereocenters. The van der Waals surface area contributed by atoms with Gasteiger partial charge in [0, 0.05) is 18.4 Å². The van der Waals surface area contributed by atoms with Crippen molar-refractivity contribution in [3.8, 4) is 17.0 Å². The summed E-state index contributed by atoms with van der Waals surface area (Å²) in [7, 11) is 0. The van der Waals surface area contributed by atoms with Gasteiger partial charge in [-0.3, -0.25) is 4.68 Å². The van der Waals surface area contributed by atoms with E-state index in [0.29, 0.717) is 17.2 Å². The molecule has 9 heteroatoms. The van der Waals surface area contributed by atoms with E-state index in [-0.39, 0.29) is 34.1 Å². The molecule has 2 saturated heterocycles. The molecule has 6 rings (SSSR count). The van der Waals surface area contributed by atoms with Crippen LogP contribution in [0.1, 0.15) is 37.8 Å². The van der Waals surface area contributed by atoms with Crippen LogP contribution >= 0.6 is 0 Å². The van der Waals surface area contributed by atoms with E-state index in [0.717, 1.165) is 18.9 Å². The summed E-state index contributed by atoms with van der Waals surface area (Å²) in [4.78, 5) is 8.84. The van der Waals surface area contributed by atoms with Gasteiger partial charge in [0.15, 0.2) is 5.65 Å². The Labute approximate surface area is 164 Å². The van der Waals surface area contributed by atoms with Crippen LogP contribution < -0.4 is 0 Å². The van der Waals surface area contributed by atoms with Crippen molar-refractivity contribution in [2.24, 2.45) is 0 Å². The highest BCUT2D eigenvalue weighted by atomic mass is 19.4. The van der Waals surface area contributed by atoms with Crippen molar-refractivity contribution in [3.63, 3.8) is 0 Å². The van der Waals surface area contributed by atoms with E-state index in [4.69, 9.17) is 4.74 Å². The minimum atomic E-state index is -4.54. The average Bonchev–Trinajstić information content (AvgIpc) is 3.19. The van der Waals surface area contributed by atoms with Crippen molar-refractivity contribution >= 4 is 11.2 Å². The molecular formula is C20H19F3N4O2. The van der Waals surface area contributed by atoms with Gasteiger partial charge in [-0.15, -0.1) is 5.10 Å². The number of phenols is 1. The van der Waals surface area contributed by atoms with Crippen LogP contribution in [0.3, 0.4) is 0 Å². The molecule has 0 amide bonds. The smallest absolute Gasteiger partial charge is 0.416 e. The Morgan fingerprint density at radius 1 is 1.28 bits per heavy atom. The first-order valence-corrected chi connectivity index (χ1v) is 9.33. The van der Waals surface area contributed by atoms with E-state index >= 15 is 0 Å². The van der Waals surface area contributed by atoms with Crippen LogP contribution in [0.5, 0.6) is 5.75 Å². The fourth-order valence-corrected chi connectivity index (χ4v) is 4.91. The first kappa shape index (κ1) is 18.4. The number of hydrogen-bond donors (Lipinski definition) is 1. The molecule has 0 radical (unpaired) electrons. The number of halogens is 3. The van der Waals surface area contributed by atoms with Gasteiger partial charge in [0.2, 0.25) is 0 Å². The highest BCUT2D eigenvalue weighted by molar-refractivity contribution is 5.77. The summed E-state index contributed by atoms with van der Waals surface area (Å²) < 4.78 is 46.8. The summed E-state index contributed by atoms with van der Waals surface area (Å²) >= 11 is 0. The van der Waals surface area contributed by atoms with Gasteiger partial charge < -0.3 is 9.84 Å². The molecule has 29 heavy (non-hydrogen) atoms. The van der Waals surface area contributed by atoms with Crippen molar-refractivity contribution in [3.05, 3.63) is 35.7 Å². The van der Waals surface area contributed by atoms with Crippen molar-refractivity contribution in [2.75, 3.05) is 0 Å². The highest BCUT2D eigenvalue weighted by Crippen LogP contribution is 2.59. The fourth-order valence-electron chi connectivity index (χ4n) is 4.91. The van der Waals surface area contributed by atoms with Crippen LogP contribution in [0.4, 0.5) is 13.2 Å². The van der Waals surface area contributed by atoms with Gasteiger partial charge in [0.1, 0.15) is 11.3 Å². The molecule has 2 bridgehead atoms.